The highest BCUT2D eigenvalue weighted by atomic mass is 32.1. The van der Waals surface area contributed by atoms with Crippen LogP contribution < -0.4 is 11.1 Å². The molecule has 0 fully saturated rings. The van der Waals surface area contributed by atoms with Crippen molar-refractivity contribution in [1.29, 1.82) is 0 Å². The lowest BCUT2D eigenvalue weighted by Crippen LogP contribution is -2.23. The van der Waals surface area contributed by atoms with Crippen LogP contribution in [0.2, 0.25) is 0 Å². The number of nitrogens with one attached hydrogen (secondary N) is 1. The number of aromatic hydroxyl groups is 1. The molecular formula is C11H11N3O2S. The van der Waals surface area contributed by atoms with Gasteiger partial charge < -0.3 is 16.2 Å². The molecule has 0 atom stereocenters. The predicted molar refractivity (Wildman–Crippen MR) is 65.8 cm³/mol. The summed E-state index contributed by atoms with van der Waals surface area (Å²) >= 11 is 1.35. The first-order chi connectivity index (χ1) is 8.16. The Bertz CT molecular complexity index is 526. The van der Waals surface area contributed by atoms with Gasteiger partial charge in [0.05, 0.1) is 5.51 Å². The molecule has 1 heterocycles. The first kappa shape index (κ1) is 11.4. The molecule has 17 heavy (non-hydrogen) atoms. The molecule has 6 heteroatoms. The number of nitrogen functional groups attached to an aromatic ring is 1. The van der Waals surface area contributed by atoms with Crippen LogP contribution in [0.1, 0.15) is 16.1 Å². The lowest BCUT2D eigenvalue weighted by molar-refractivity contribution is 0.0946. The first-order valence-electron chi connectivity index (χ1n) is 4.90. The van der Waals surface area contributed by atoms with Gasteiger partial charge in [0, 0.05) is 23.2 Å². The summed E-state index contributed by atoms with van der Waals surface area (Å²) in [6.45, 7) is 0.216. The fourth-order valence-electron chi connectivity index (χ4n) is 1.34. The summed E-state index contributed by atoms with van der Waals surface area (Å²) in [5.74, 6) is -0.161. The van der Waals surface area contributed by atoms with Gasteiger partial charge in [0.1, 0.15) is 11.4 Å². The third-order valence-electron chi connectivity index (χ3n) is 2.21. The Kier molecular flexibility index (Phi) is 3.24. The van der Waals surface area contributed by atoms with Gasteiger partial charge in [-0.1, -0.05) is 0 Å². The summed E-state index contributed by atoms with van der Waals surface area (Å²) in [7, 11) is 0. The second-order valence-electron chi connectivity index (χ2n) is 3.44. The SMILES string of the molecule is Nc1ccc(O)c(CNC(=O)c2cscn2)c1. The summed E-state index contributed by atoms with van der Waals surface area (Å²) in [5, 5.41) is 13.9. The Labute approximate surface area is 102 Å². The topological polar surface area (TPSA) is 88.2 Å². The zero-order valence-corrected chi connectivity index (χ0v) is 9.70. The van der Waals surface area contributed by atoms with E-state index in [2.05, 4.69) is 10.3 Å². The molecule has 4 N–H and O–H groups in total. The van der Waals surface area contributed by atoms with Crippen LogP contribution in [-0.4, -0.2) is 16.0 Å². The van der Waals surface area contributed by atoms with Gasteiger partial charge in [-0.3, -0.25) is 4.79 Å². The molecule has 1 amide bonds. The summed E-state index contributed by atoms with van der Waals surface area (Å²) in [6, 6.07) is 4.72. The van der Waals surface area contributed by atoms with Crippen molar-refractivity contribution in [3.8, 4) is 5.75 Å². The average Bonchev–Trinajstić information content (AvgIpc) is 2.83. The number of carbonyl (C=O) groups is 1. The number of aromatic nitrogens is 1. The van der Waals surface area contributed by atoms with Crippen molar-refractivity contribution >= 4 is 22.9 Å². The third-order valence-corrected chi connectivity index (χ3v) is 2.79. The molecule has 0 bridgehead atoms. The minimum absolute atomic E-state index is 0.109. The fraction of sp³-hybridized carbons (Fsp3) is 0.0909. The van der Waals surface area contributed by atoms with Gasteiger partial charge in [-0.15, -0.1) is 11.3 Å². The maximum Gasteiger partial charge on any atom is 0.271 e. The molecule has 0 radical (unpaired) electrons. The molecule has 1 aromatic heterocycles. The zero-order valence-electron chi connectivity index (χ0n) is 8.88. The lowest BCUT2D eigenvalue weighted by Gasteiger charge is -2.06. The molecule has 5 nitrogen and oxygen atoms in total. The zero-order chi connectivity index (χ0) is 12.3. The molecule has 0 aliphatic heterocycles. The number of phenols is 1. The standard InChI is InChI=1S/C11H11N3O2S/c12-8-1-2-10(15)7(3-8)4-13-11(16)9-5-17-6-14-9/h1-3,5-6,15H,4,12H2,(H,13,16). The van der Waals surface area contributed by atoms with Crippen LogP contribution in [0.5, 0.6) is 5.75 Å². The number of benzene rings is 1. The summed E-state index contributed by atoms with van der Waals surface area (Å²) < 4.78 is 0. The fourth-order valence-corrected chi connectivity index (χ4v) is 1.87. The number of rotatable bonds is 3. The molecule has 0 spiro atoms. The van der Waals surface area contributed by atoms with Gasteiger partial charge >= 0.3 is 0 Å². The van der Waals surface area contributed by atoms with E-state index in [9.17, 15) is 9.90 Å². The van der Waals surface area contributed by atoms with E-state index in [4.69, 9.17) is 5.73 Å². The monoisotopic (exact) mass is 249 g/mol. The average molecular weight is 249 g/mol. The van der Waals surface area contributed by atoms with E-state index in [-0.39, 0.29) is 18.2 Å². The number of nitrogens with zero attached hydrogens (tertiary/aromatic N) is 1. The minimum Gasteiger partial charge on any atom is -0.508 e. The number of hydrogen-bond donors (Lipinski definition) is 3. The van der Waals surface area contributed by atoms with Crippen LogP contribution in [-0.2, 0) is 6.54 Å². The van der Waals surface area contributed by atoms with E-state index < -0.39 is 0 Å². The van der Waals surface area contributed by atoms with E-state index in [1.54, 1.807) is 23.0 Å². The number of anilines is 1. The highest BCUT2D eigenvalue weighted by Crippen LogP contribution is 2.19. The van der Waals surface area contributed by atoms with Crippen molar-refractivity contribution in [2.24, 2.45) is 0 Å². The summed E-state index contributed by atoms with van der Waals surface area (Å²) in [6.07, 6.45) is 0. The van der Waals surface area contributed by atoms with E-state index >= 15 is 0 Å². The molecule has 2 rings (SSSR count). The van der Waals surface area contributed by atoms with Crippen LogP contribution in [0.4, 0.5) is 5.69 Å². The van der Waals surface area contributed by atoms with Gasteiger partial charge in [-0.05, 0) is 18.2 Å². The van der Waals surface area contributed by atoms with Crippen molar-refractivity contribution in [2.75, 3.05) is 5.73 Å². The summed E-state index contributed by atoms with van der Waals surface area (Å²) in [4.78, 5) is 15.5. The molecular weight excluding hydrogens is 238 g/mol. The van der Waals surface area contributed by atoms with Gasteiger partial charge in [-0.2, -0.15) is 0 Å². The maximum absolute atomic E-state index is 11.6. The number of nitrogens with two attached hydrogens (primary N) is 1. The van der Waals surface area contributed by atoms with Crippen molar-refractivity contribution in [3.63, 3.8) is 0 Å². The first-order valence-corrected chi connectivity index (χ1v) is 5.85. The molecule has 2 aromatic rings. The van der Waals surface area contributed by atoms with Crippen LogP contribution in [0.3, 0.4) is 0 Å². The van der Waals surface area contributed by atoms with Crippen molar-refractivity contribution < 1.29 is 9.90 Å². The number of thiazole rings is 1. The molecule has 0 unspecified atom stereocenters. The normalized spacial score (nSPS) is 10.1. The second-order valence-corrected chi connectivity index (χ2v) is 4.16. The number of carbonyl (C=O) groups excluding carboxylic acids is 1. The molecule has 1 aromatic carbocycles. The number of hydrogen-bond acceptors (Lipinski definition) is 5. The second kappa shape index (κ2) is 4.84. The Hall–Kier alpha value is -2.08. The Morgan fingerprint density at radius 2 is 2.35 bits per heavy atom. The molecule has 0 saturated carbocycles. The lowest BCUT2D eigenvalue weighted by atomic mass is 10.2. The molecule has 88 valence electrons. The largest absolute Gasteiger partial charge is 0.508 e. The molecule has 0 aliphatic carbocycles. The highest BCUT2D eigenvalue weighted by Gasteiger charge is 2.08. The quantitative estimate of drug-likeness (QED) is 0.566. The highest BCUT2D eigenvalue weighted by molar-refractivity contribution is 7.07. The van der Waals surface area contributed by atoms with Crippen molar-refractivity contribution in [3.05, 3.63) is 40.3 Å². The summed E-state index contributed by atoms with van der Waals surface area (Å²) in [5.41, 5.74) is 8.68. The minimum atomic E-state index is -0.270. The van der Waals surface area contributed by atoms with Crippen molar-refractivity contribution in [1.82, 2.24) is 10.3 Å². The van der Waals surface area contributed by atoms with Crippen LogP contribution in [0.25, 0.3) is 0 Å². The van der Waals surface area contributed by atoms with E-state index in [1.807, 2.05) is 0 Å². The van der Waals surface area contributed by atoms with Gasteiger partial charge in [0.15, 0.2) is 0 Å². The van der Waals surface area contributed by atoms with Gasteiger partial charge in [0.2, 0.25) is 0 Å². The third kappa shape index (κ3) is 2.73. The van der Waals surface area contributed by atoms with E-state index in [0.29, 0.717) is 16.9 Å². The van der Waals surface area contributed by atoms with Crippen LogP contribution in [0, 0.1) is 0 Å². The number of phenolic OH excluding ortho intramolecular Hbond substituents is 1. The molecule has 0 aliphatic rings. The van der Waals surface area contributed by atoms with Crippen LogP contribution in [0.15, 0.2) is 29.1 Å². The maximum atomic E-state index is 11.6. The smallest absolute Gasteiger partial charge is 0.271 e. The Balaban J connectivity index is 2.03. The van der Waals surface area contributed by atoms with Gasteiger partial charge in [-0.25, -0.2) is 4.98 Å². The Morgan fingerprint density at radius 3 is 3.06 bits per heavy atom. The van der Waals surface area contributed by atoms with Gasteiger partial charge in [0.25, 0.3) is 5.91 Å². The predicted octanol–water partition coefficient (Wildman–Crippen LogP) is 1.36. The molecule has 0 saturated heterocycles. The Morgan fingerprint density at radius 1 is 1.53 bits per heavy atom. The van der Waals surface area contributed by atoms with E-state index in [0.717, 1.165) is 0 Å². The van der Waals surface area contributed by atoms with E-state index in [1.165, 1.54) is 17.4 Å². The number of amides is 1. The van der Waals surface area contributed by atoms with Crippen LogP contribution >= 0.6 is 11.3 Å². The van der Waals surface area contributed by atoms with Crippen molar-refractivity contribution in [2.45, 2.75) is 6.54 Å².